The van der Waals surface area contributed by atoms with Crippen LogP contribution in [0.4, 0.5) is 0 Å². The summed E-state index contributed by atoms with van der Waals surface area (Å²) in [6, 6.07) is 27.7. The summed E-state index contributed by atoms with van der Waals surface area (Å²) in [5, 5.41) is 13.0. The van der Waals surface area contributed by atoms with E-state index in [4.69, 9.17) is 23.1 Å². The number of methoxy groups -OCH3 is 2. The van der Waals surface area contributed by atoms with Crippen LogP contribution in [-0.4, -0.2) is 31.7 Å². The van der Waals surface area contributed by atoms with E-state index in [2.05, 4.69) is 5.32 Å². The largest absolute Gasteiger partial charge is 0.493 e. The normalized spacial score (nSPS) is 12.0. The van der Waals surface area contributed by atoms with Gasteiger partial charge in [0.25, 0.3) is 0 Å². The van der Waals surface area contributed by atoms with Gasteiger partial charge in [0.05, 0.1) is 31.3 Å². The minimum Gasteiger partial charge on any atom is -0.493 e. The second kappa shape index (κ2) is 14.6. The molecule has 0 aliphatic heterocycles. The lowest BCUT2D eigenvalue weighted by Gasteiger charge is -2.17. The van der Waals surface area contributed by atoms with Crippen LogP contribution in [0.1, 0.15) is 31.9 Å². The molecule has 0 unspecified atom stereocenters. The van der Waals surface area contributed by atoms with Gasteiger partial charge in [-0.3, -0.25) is 4.79 Å². The van der Waals surface area contributed by atoms with Crippen LogP contribution in [0.5, 0.6) is 23.0 Å². The number of ether oxygens (including phenoxy) is 4. The summed E-state index contributed by atoms with van der Waals surface area (Å²) in [6.45, 7) is 0.518. The Morgan fingerprint density at radius 2 is 1.48 bits per heavy atom. The Labute approximate surface area is 239 Å². The molecule has 0 aliphatic rings. The number of nitrogens with one attached hydrogen (secondary N) is 1. The molecule has 0 spiro atoms. The van der Waals surface area contributed by atoms with Gasteiger partial charge in [-0.2, -0.15) is 0 Å². The summed E-state index contributed by atoms with van der Waals surface area (Å²) in [5.41, 5.74) is 3.77. The zero-order chi connectivity index (χ0) is 30.7. The first-order valence-electron chi connectivity index (χ1n) is 14.5. The smallest absolute Gasteiger partial charge is 0.224 e. The van der Waals surface area contributed by atoms with Crippen LogP contribution in [-0.2, 0) is 37.5 Å². The molecule has 0 saturated heterocycles. The van der Waals surface area contributed by atoms with E-state index in [1.54, 1.807) is 24.3 Å². The topological polar surface area (TPSA) is 86.3 Å². The first-order valence-corrected chi connectivity index (χ1v) is 13.0. The van der Waals surface area contributed by atoms with Crippen molar-refractivity contribution in [2.24, 2.45) is 0 Å². The van der Waals surface area contributed by atoms with Gasteiger partial charge >= 0.3 is 0 Å². The minimum atomic E-state index is -2.65. The average Bonchev–Trinajstić information content (AvgIpc) is 3.00. The Hall–Kier alpha value is -4.49. The van der Waals surface area contributed by atoms with Crippen LogP contribution in [0.15, 0.2) is 91.0 Å². The Bertz CT molecular complexity index is 1480. The molecule has 40 heavy (non-hydrogen) atoms. The van der Waals surface area contributed by atoms with Crippen LogP contribution in [0.3, 0.4) is 0 Å². The fourth-order valence-electron chi connectivity index (χ4n) is 4.26. The molecule has 7 nitrogen and oxygen atoms in total. The molecule has 2 N–H and O–H groups in total. The first kappa shape index (κ1) is 24.5. The molecule has 0 radical (unpaired) electrons. The summed E-state index contributed by atoms with van der Waals surface area (Å²) in [7, 11) is -1.13. The van der Waals surface area contributed by atoms with E-state index in [1.165, 1.54) is 7.11 Å². The maximum Gasteiger partial charge on any atom is 0.224 e. The molecule has 4 aromatic rings. The van der Waals surface area contributed by atoms with Crippen LogP contribution < -0.4 is 24.3 Å². The van der Waals surface area contributed by atoms with Crippen molar-refractivity contribution in [2.75, 3.05) is 20.7 Å². The highest BCUT2D eigenvalue weighted by Crippen LogP contribution is 2.35. The van der Waals surface area contributed by atoms with E-state index in [1.807, 2.05) is 66.7 Å². The number of hydrogen-bond donors (Lipinski definition) is 2. The van der Waals surface area contributed by atoms with Gasteiger partial charge < -0.3 is 29.4 Å². The summed E-state index contributed by atoms with van der Waals surface area (Å²) < 4.78 is 45.1. The maximum absolute atomic E-state index is 12.9. The van der Waals surface area contributed by atoms with Crippen LogP contribution in [0.2, 0.25) is 0 Å². The number of carbonyl (C=O) groups excluding carboxylic acids is 1. The zero-order valence-corrected chi connectivity index (χ0v) is 22.4. The Morgan fingerprint density at radius 3 is 2.12 bits per heavy atom. The number of amides is 1. The number of hydrogen-bond acceptors (Lipinski definition) is 6. The summed E-state index contributed by atoms with van der Waals surface area (Å²) in [4.78, 5) is 12.9. The first-order chi connectivity index (χ1) is 20.8. The predicted octanol–water partition coefficient (Wildman–Crippen LogP) is 5.26. The summed E-state index contributed by atoms with van der Waals surface area (Å²) >= 11 is 0. The quantitative estimate of drug-likeness (QED) is 0.225. The van der Waals surface area contributed by atoms with E-state index >= 15 is 0 Å². The second-order valence-electron chi connectivity index (χ2n) is 9.10. The van der Waals surface area contributed by atoms with E-state index in [9.17, 15) is 9.90 Å². The third-order valence-corrected chi connectivity index (χ3v) is 6.37. The molecule has 0 saturated carbocycles. The Balaban J connectivity index is 1.38. The van der Waals surface area contributed by atoms with Gasteiger partial charge in [0.2, 0.25) is 5.91 Å². The van der Waals surface area contributed by atoms with Crippen molar-refractivity contribution >= 4 is 5.91 Å². The van der Waals surface area contributed by atoms with E-state index in [0.29, 0.717) is 41.3 Å². The molecule has 0 atom stereocenters. The maximum atomic E-state index is 12.9. The van der Waals surface area contributed by atoms with Crippen LogP contribution in [0, 0.1) is 0 Å². The molecular weight excluding hydrogens is 506 g/mol. The molecule has 1 amide bonds. The zero-order valence-electron chi connectivity index (χ0n) is 25.4. The lowest BCUT2D eigenvalue weighted by atomic mass is 10.0. The van der Waals surface area contributed by atoms with Crippen molar-refractivity contribution in [3.63, 3.8) is 0 Å². The van der Waals surface area contributed by atoms with Crippen molar-refractivity contribution in [3.8, 4) is 23.0 Å². The standard InChI is InChI=1S/C33H35NO6/c1-37-30-16-14-27(28(21-35)33(30)40-23-26-11-7-4-8-12-26)20-32(36)34-18-17-24-13-15-29(31(19-24)38-2)39-22-25-9-5-3-6-10-25/h3-16,19,35H,17-18,20-23H2,1-2H3,(H,34,36)/i2D3. The molecule has 4 rings (SSSR count). The van der Waals surface area contributed by atoms with Gasteiger partial charge in [0.15, 0.2) is 23.0 Å². The van der Waals surface area contributed by atoms with Crippen molar-refractivity contribution < 1.29 is 33.0 Å². The minimum absolute atomic E-state index is 0.0290. The molecule has 0 heterocycles. The van der Waals surface area contributed by atoms with Crippen molar-refractivity contribution in [2.45, 2.75) is 32.7 Å². The number of aliphatic hydroxyl groups is 1. The van der Waals surface area contributed by atoms with E-state index in [0.717, 1.165) is 16.7 Å². The Morgan fingerprint density at radius 1 is 0.800 bits per heavy atom. The van der Waals surface area contributed by atoms with Crippen molar-refractivity contribution in [3.05, 3.63) is 119 Å². The molecule has 7 heteroatoms. The lowest BCUT2D eigenvalue weighted by Crippen LogP contribution is -2.27. The van der Waals surface area contributed by atoms with Gasteiger partial charge in [0.1, 0.15) is 13.2 Å². The fraction of sp³-hybridized carbons (Fsp3) is 0.242. The summed E-state index contributed by atoms with van der Waals surface area (Å²) in [5.74, 6) is 1.05. The number of aliphatic hydroxyl groups excluding tert-OH is 1. The second-order valence-corrected chi connectivity index (χ2v) is 9.10. The molecule has 4 aromatic carbocycles. The number of rotatable bonds is 14. The van der Waals surface area contributed by atoms with Gasteiger partial charge in [0, 0.05) is 12.1 Å². The van der Waals surface area contributed by atoms with Gasteiger partial charge in [-0.25, -0.2) is 0 Å². The monoisotopic (exact) mass is 544 g/mol. The van der Waals surface area contributed by atoms with Gasteiger partial charge in [-0.1, -0.05) is 72.8 Å². The highest BCUT2D eigenvalue weighted by molar-refractivity contribution is 5.79. The average molecular weight is 545 g/mol. The molecule has 0 aliphatic carbocycles. The highest BCUT2D eigenvalue weighted by atomic mass is 16.5. The third-order valence-electron chi connectivity index (χ3n) is 6.37. The van der Waals surface area contributed by atoms with Gasteiger partial charge in [-0.05, 0) is 46.9 Å². The number of carbonyl (C=O) groups is 1. The molecular formula is C33H35NO6. The fourth-order valence-corrected chi connectivity index (χ4v) is 4.26. The predicted molar refractivity (Wildman–Crippen MR) is 154 cm³/mol. The molecule has 0 bridgehead atoms. The molecule has 208 valence electrons. The van der Waals surface area contributed by atoms with Crippen molar-refractivity contribution in [1.29, 1.82) is 0 Å². The highest BCUT2D eigenvalue weighted by Gasteiger charge is 2.17. The van der Waals surface area contributed by atoms with E-state index < -0.39 is 7.04 Å². The molecule has 0 fully saturated rings. The lowest BCUT2D eigenvalue weighted by molar-refractivity contribution is -0.120. The Kier molecular flexibility index (Phi) is 8.96. The SMILES string of the molecule is [2H]C([2H])([2H])Oc1cc(CCNC(=O)Cc2ccc(OC)c(OCc3ccccc3)c2CO)ccc1OCc1ccccc1. The van der Waals surface area contributed by atoms with E-state index in [-0.39, 0.29) is 37.9 Å². The van der Waals surface area contributed by atoms with Crippen molar-refractivity contribution in [1.82, 2.24) is 5.32 Å². The van der Waals surface area contributed by atoms with Gasteiger partial charge in [-0.15, -0.1) is 0 Å². The van der Waals surface area contributed by atoms with Crippen LogP contribution >= 0.6 is 0 Å². The summed E-state index contributed by atoms with van der Waals surface area (Å²) in [6.07, 6.45) is 0.463. The third kappa shape index (κ3) is 7.77. The molecule has 0 aromatic heterocycles. The number of benzene rings is 4. The van der Waals surface area contributed by atoms with Crippen LogP contribution in [0.25, 0.3) is 0 Å².